The smallest absolute Gasteiger partial charge is 0.329 e. The van der Waals surface area contributed by atoms with Gasteiger partial charge >= 0.3 is 11.7 Å². The highest BCUT2D eigenvalue weighted by molar-refractivity contribution is 9.10. The molecule has 156 valence electrons. The fourth-order valence-electron chi connectivity index (χ4n) is 4.41. The number of imidazole rings is 1. The van der Waals surface area contributed by atoms with Crippen LogP contribution in [0.25, 0.3) is 21.9 Å². The van der Waals surface area contributed by atoms with Gasteiger partial charge in [0.05, 0.1) is 29.0 Å². The minimum absolute atomic E-state index is 0.0755. The van der Waals surface area contributed by atoms with E-state index < -0.39 is 5.97 Å². The van der Waals surface area contributed by atoms with Crippen molar-refractivity contribution in [3.63, 3.8) is 0 Å². The molecule has 2 unspecified atom stereocenters. The summed E-state index contributed by atoms with van der Waals surface area (Å²) in [6.07, 6.45) is 3.25. The summed E-state index contributed by atoms with van der Waals surface area (Å²) in [5.41, 5.74) is 3.39. The SMILES string of the molecule is CCCC(CC(=O)O)n1c(=O)n(C(C)c2cc(Br)cc3cc[nH]c23)c2ccccc21. The Kier molecular flexibility index (Phi) is 5.56. The van der Waals surface area contributed by atoms with Crippen molar-refractivity contribution in [2.75, 3.05) is 0 Å². The molecule has 6 nitrogen and oxygen atoms in total. The van der Waals surface area contributed by atoms with E-state index in [0.717, 1.165) is 38.4 Å². The van der Waals surface area contributed by atoms with Crippen LogP contribution in [0.5, 0.6) is 0 Å². The number of nitrogens with zero attached hydrogens (tertiary/aromatic N) is 2. The first-order valence-corrected chi connectivity index (χ1v) is 10.9. The number of hydrogen-bond acceptors (Lipinski definition) is 2. The van der Waals surface area contributed by atoms with Gasteiger partial charge in [0, 0.05) is 22.1 Å². The largest absolute Gasteiger partial charge is 0.481 e. The van der Waals surface area contributed by atoms with Crippen LogP contribution in [0.1, 0.15) is 50.8 Å². The third-order valence-corrected chi connectivity index (χ3v) is 6.16. The van der Waals surface area contributed by atoms with Gasteiger partial charge in [0.1, 0.15) is 0 Å². The Balaban J connectivity index is 1.95. The molecule has 0 spiro atoms. The van der Waals surface area contributed by atoms with Crippen LogP contribution in [0.2, 0.25) is 0 Å². The van der Waals surface area contributed by atoms with Crippen molar-refractivity contribution in [3.8, 4) is 0 Å². The minimum Gasteiger partial charge on any atom is -0.481 e. The number of aliphatic carboxylic acids is 1. The molecular formula is C23H24BrN3O3. The van der Waals surface area contributed by atoms with Crippen molar-refractivity contribution in [1.29, 1.82) is 0 Å². The number of carboxylic acid groups (broad SMARTS) is 1. The number of benzene rings is 2. The van der Waals surface area contributed by atoms with Crippen molar-refractivity contribution in [3.05, 3.63) is 69.2 Å². The topological polar surface area (TPSA) is 80.0 Å². The molecule has 2 atom stereocenters. The summed E-state index contributed by atoms with van der Waals surface area (Å²) in [4.78, 5) is 28.5. The third kappa shape index (κ3) is 3.47. The fraction of sp³-hybridized carbons (Fsp3) is 0.304. The number of nitrogens with one attached hydrogen (secondary N) is 1. The van der Waals surface area contributed by atoms with E-state index in [-0.39, 0.29) is 24.2 Å². The Hall–Kier alpha value is -2.80. The van der Waals surface area contributed by atoms with E-state index >= 15 is 0 Å². The standard InChI is InChI=1S/C23H24BrN3O3/c1-3-6-17(13-21(28)29)27-20-8-5-4-7-19(20)26(23(27)30)14(2)18-12-16(24)11-15-9-10-25-22(15)18/h4-5,7-12,14,17,25H,3,6,13H2,1-2H3,(H,28,29). The molecule has 0 saturated heterocycles. The molecule has 0 saturated carbocycles. The maximum absolute atomic E-state index is 13.7. The van der Waals surface area contributed by atoms with Crippen LogP contribution in [0.4, 0.5) is 0 Å². The fourth-order valence-corrected chi connectivity index (χ4v) is 4.90. The predicted octanol–water partition coefficient (Wildman–Crippen LogP) is 5.47. The Labute approximate surface area is 182 Å². The van der Waals surface area contributed by atoms with Gasteiger partial charge in [-0.1, -0.05) is 41.4 Å². The lowest BCUT2D eigenvalue weighted by atomic mass is 10.0. The number of para-hydroxylation sites is 2. The summed E-state index contributed by atoms with van der Waals surface area (Å²) in [7, 11) is 0. The number of rotatable bonds is 7. The second-order valence-electron chi connectivity index (χ2n) is 7.66. The zero-order valence-corrected chi connectivity index (χ0v) is 18.5. The van der Waals surface area contributed by atoms with E-state index in [2.05, 4.69) is 20.9 Å². The molecule has 4 aromatic rings. The van der Waals surface area contributed by atoms with Crippen LogP contribution in [0.3, 0.4) is 0 Å². The Bertz CT molecular complexity index is 1280. The van der Waals surface area contributed by atoms with Crippen LogP contribution < -0.4 is 5.69 Å². The predicted molar refractivity (Wildman–Crippen MR) is 122 cm³/mol. The number of H-pyrrole nitrogens is 1. The second kappa shape index (κ2) is 8.14. The molecule has 2 N–H and O–H groups in total. The maximum Gasteiger partial charge on any atom is 0.329 e. The van der Waals surface area contributed by atoms with Gasteiger partial charge < -0.3 is 10.1 Å². The average Bonchev–Trinajstić information content (AvgIpc) is 3.27. The zero-order chi connectivity index (χ0) is 21.4. The summed E-state index contributed by atoms with van der Waals surface area (Å²) in [5.74, 6) is -0.898. The highest BCUT2D eigenvalue weighted by atomic mass is 79.9. The van der Waals surface area contributed by atoms with Crippen LogP contribution in [-0.2, 0) is 4.79 Å². The molecular weight excluding hydrogens is 446 g/mol. The zero-order valence-electron chi connectivity index (χ0n) is 16.9. The van der Waals surface area contributed by atoms with Crippen LogP contribution in [0.15, 0.2) is 57.9 Å². The van der Waals surface area contributed by atoms with Gasteiger partial charge in [0.25, 0.3) is 0 Å². The van der Waals surface area contributed by atoms with Crippen LogP contribution in [-0.4, -0.2) is 25.2 Å². The van der Waals surface area contributed by atoms with Crippen molar-refractivity contribution in [2.45, 2.75) is 45.2 Å². The van der Waals surface area contributed by atoms with Crippen LogP contribution in [0, 0.1) is 0 Å². The molecule has 0 bridgehead atoms. The molecule has 2 aromatic heterocycles. The molecule has 0 amide bonds. The van der Waals surface area contributed by atoms with Gasteiger partial charge in [-0.3, -0.25) is 13.9 Å². The normalized spacial score (nSPS) is 13.7. The second-order valence-corrected chi connectivity index (χ2v) is 8.58. The summed E-state index contributed by atoms with van der Waals surface area (Å²) < 4.78 is 4.40. The van der Waals surface area contributed by atoms with E-state index in [4.69, 9.17) is 0 Å². The number of halogens is 1. The van der Waals surface area contributed by atoms with Crippen molar-refractivity contribution >= 4 is 43.8 Å². The lowest BCUT2D eigenvalue weighted by Crippen LogP contribution is -2.30. The van der Waals surface area contributed by atoms with E-state index in [9.17, 15) is 14.7 Å². The Morgan fingerprint density at radius 3 is 2.53 bits per heavy atom. The van der Waals surface area contributed by atoms with E-state index in [0.29, 0.717) is 6.42 Å². The monoisotopic (exact) mass is 469 g/mol. The first-order valence-electron chi connectivity index (χ1n) is 10.1. The maximum atomic E-state index is 13.7. The third-order valence-electron chi connectivity index (χ3n) is 5.70. The average molecular weight is 470 g/mol. The molecule has 30 heavy (non-hydrogen) atoms. The highest BCUT2D eigenvalue weighted by Crippen LogP contribution is 2.32. The number of fused-ring (bicyclic) bond motifs is 2. The molecule has 0 aliphatic carbocycles. The van der Waals surface area contributed by atoms with Gasteiger partial charge in [-0.2, -0.15) is 0 Å². The highest BCUT2D eigenvalue weighted by Gasteiger charge is 2.25. The van der Waals surface area contributed by atoms with Gasteiger partial charge in [-0.05, 0) is 49.2 Å². The molecule has 2 heterocycles. The molecule has 0 aliphatic heterocycles. The van der Waals surface area contributed by atoms with E-state index in [1.165, 1.54) is 0 Å². The molecule has 7 heteroatoms. The van der Waals surface area contributed by atoms with Crippen LogP contribution >= 0.6 is 15.9 Å². The van der Waals surface area contributed by atoms with Gasteiger partial charge in [-0.25, -0.2) is 4.79 Å². The Morgan fingerprint density at radius 2 is 1.87 bits per heavy atom. The van der Waals surface area contributed by atoms with E-state index in [1.807, 2.05) is 62.5 Å². The molecule has 0 aliphatic rings. The lowest BCUT2D eigenvalue weighted by molar-refractivity contribution is -0.137. The summed E-state index contributed by atoms with van der Waals surface area (Å²) >= 11 is 3.58. The van der Waals surface area contributed by atoms with Gasteiger partial charge in [-0.15, -0.1) is 0 Å². The molecule has 2 aromatic carbocycles. The number of carboxylic acids is 1. The van der Waals surface area contributed by atoms with E-state index in [1.54, 1.807) is 9.13 Å². The van der Waals surface area contributed by atoms with Crippen molar-refractivity contribution in [2.24, 2.45) is 0 Å². The van der Waals surface area contributed by atoms with Crippen molar-refractivity contribution < 1.29 is 9.90 Å². The quantitative estimate of drug-likeness (QED) is 0.376. The summed E-state index contributed by atoms with van der Waals surface area (Å²) in [6.45, 7) is 4.01. The lowest BCUT2D eigenvalue weighted by Gasteiger charge is -2.17. The number of hydrogen-bond donors (Lipinski definition) is 2. The first kappa shape index (κ1) is 20.5. The number of aromatic amines is 1. The van der Waals surface area contributed by atoms with Gasteiger partial charge in [0.15, 0.2) is 0 Å². The van der Waals surface area contributed by atoms with Crippen molar-refractivity contribution in [1.82, 2.24) is 14.1 Å². The number of aromatic nitrogens is 3. The Morgan fingerprint density at radius 1 is 1.17 bits per heavy atom. The summed E-state index contributed by atoms with van der Waals surface area (Å²) in [6, 6.07) is 13.1. The molecule has 0 radical (unpaired) electrons. The van der Waals surface area contributed by atoms with Gasteiger partial charge in [0.2, 0.25) is 0 Å². The number of carbonyl (C=O) groups is 1. The molecule has 4 rings (SSSR count). The molecule has 0 fully saturated rings. The minimum atomic E-state index is -0.898. The summed E-state index contributed by atoms with van der Waals surface area (Å²) in [5, 5.41) is 10.5. The first-order chi connectivity index (χ1) is 14.4.